The normalized spacial score (nSPS) is 11.8. The molecule has 0 aliphatic heterocycles. The average molecular weight is 268 g/mol. The highest BCUT2D eigenvalue weighted by atomic mass is 16.5. The standard InChI is InChI=1S/C13H20N2O4/c1-5-18-12(16)7-14-13(17)15-9(3)11-6-8(2)19-10(11)4/h6,9H,5,7H2,1-4H3,(H2,14,15,17). The van der Waals surface area contributed by atoms with Crippen LogP contribution in [0.2, 0.25) is 0 Å². The molecule has 0 saturated heterocycles. The summed E-state index contributed by atoms with van der Waals surface area (Å²) in [5, 5.41) is 5.17. The number of ether oxygens (including phenoxy) is 1. The quantitative estimate of drug-likeness (QED) is 0.798. The van der Waals surface area contributed by atoms with Crippen molar-refractivity contribution in [3.63, 3.8) is 0 Å². The first-order valence-corrected chi connectivity index (χ1v) is 6.21. The fourth-order valence-electron chi connectivity index (χ4n) is 1.77. The summed E-state index contributed by atoms with van der Waals surface area (Å²) < 4.78 is 10.1. The Balaban J connectivity index is 2.44. The monoisotopic (exact) mass is 268 g/mol. The van der Waals surface area contributed by atoms with E-state index >= 15 is 0 Å². The predicted molar refractivity (Wildman–Crippen MR) is 69.8 cm³/mol. The molecular weight excluding hydrogens is 248 g/mol. The molecule has 106 valence electrons. The summed E-state index contributed by atoms with van der Waals surface area (Å²) in [5.41, 5.74) is 0.920. The zero-order valence-electron chi connectivity index (χ0n) is 11.7. The van der Waals surface area contributed by atoms with Gasteiger partial charge in [-0.25, -0.2) is 4.79 Å². The lowest BCUT2D eigenvalue weighted by molar-refractivity contribution is -0.141. The zero-order valence-corrected chi connectivity index (χ0v) is 11.7. The summed E-state index contributed by atoms with van der Waals surface area (Å²) in [7, 11) is 0. The Morgan fingerprint density at radius 2 is 2.11 bits per heavy atom. The molecule has 1 aromatic rings. The van der Waals surface area contributed by atoms with Crippen molar-refractivity contribution in [3.8, 4) is 0 Å². The molecule has 0 radical (unpaired) electrons. The number of carbonyl (C=O) groups is 2. The maximum Gasteiger partial charge on any atom is 0.325 e. The minimum Gasteiger partial charge on any atom is -0.466 e. The molecule has 2 amide bonds. The molecular formula is C13H20N2O4. The molecule has 0 fully saturated rings. The second-order valence-electron chi connectivity index (χ2n) is 4.22. The summed E-state index contributed by atoms with van der Waals surface area (Å²) in [6.07, 6.45) is 0. The van der Waals surface area contributed by atoms with Crippen LogP contribution in [0.4, 0.5) is 4.79 Å². The van der Waals surface area contributed by atoms with Crippen LogP contribution in [0.15, 0.2) is 10.5 Å². The number of esters is 1. The van der Waals surface area contributed by atoms with Crippen LogP contribution in [0, 0.1) is 13.8 Å². The zero-order chi connectivity index (χ0) is 14.4. The number of nitrogens with one attached hydrogen (secondary N) is 2. The summed E-state index contributed by atoms with van der Waals surface area (Å²) in [6.45, 7) is 7.41. The van der Waals surface area contributed by atoms with Crippen LogP contribution in [-0.2, 0) is 9.53 Å². The smallest absolute Gasteiger partial charge is 0.325 e. The van der Waals surface area contributed by atoms with Gasteiger partial charge in [-0.1, -0.05) is 0 Å². The molecule has 1 unspecified atom stereocenters. The Labute approximate surface area is 112 Å². The van der Waals surface area contributed by atoms with Crippen molar-refractivity contribution in [2.45, 2.75) is 33.7 Å². The number of amides is 2. The van der Waals surface area contributed by atoms with Crippen molar-refractivity contribution in [1.29, 1.82) is 0 Å². The Kier molecular flexibility index (Phi) is 5.41. The summed E-state index contributed by atoms with van der Waals surface area (Å²) in [5.74, 6) is 1.12. The first-order valence-electron chi connectivity index (χ1n) is 6.21. The van der Waals surface area contributed by atoms with E-state index in [-0.39, 0.29) is 12.6 Å². The van der Waals surface area contributed by atoms with Gasteiger partial charge in [0.1, 0.15) is 18.1 Å². The highest BCUT2D eigenvalue weighted by molar-refractivity contribution is 5.80. The first kappa shape index (κ1) is 15.1. The summed E-state index contributed by atoms with van der Waals surface area (Å²) in [6, 6.07) is 1.27. The molecule has 1 aromatic heterocycles. The number of carbonyl (C=O) groups excluding carboxylic acids is 2. The van der Waals surface area contributed by atoms with E-state index in [9.17, 15) is 9.59 Å². The first-order chi connectivity index (χ1) is 8.93. The number of rotatable bonds is 5. The minimum atomic E-state index is -0.458. The molecule has 0 aliphatic carbocycles. The van der Waals surface area contributed by atoms with E-state index in [4.69, 9.17) is 9.15 Å². The fourth-order valence-corrected chi connectivity index (χ4v) is 1.77. The van der Waals surface area contributed by atoms with Crippen LogP contribution in [-0.4, -0.2) is 25.2 Å². The van der Waals surface area contributed by atoms with Crippen LogP contribution in [0.3, 0.4) is 0 Å². The molecule has 6 nitrogen and oxygen atoms in total. The van der Waals surface area contributed by atoms with Gasteiger partial charge in [0, 0.05) is 5.56 Å². The number of hydrogen-bond acceptors (Lipinski definition) is 4. The SMILES string of the molecule is CCOC(=O)CNC(=O)NC(C)c1cc(C)oc1C. The highest BCUT2D eigenvalue weighted by Gasteiger charge is 2.15. The van der Waals surface area contributed by atoms with Gasteiger partial charge in [0.2, 0.25) is 0 Å². The predicted octanol–water partition coefficient (Wildman–Crippen LogP) is 1.82. The molecule has 0 spiro atoms. The van der Waals surface area contributed by atoms with Crippen LogP contribution < -0.4 is 10.6 Å². The van der Waals surface area contributed by atoms with Crippen LogP contribution >= 0.6 is 0 Å². The molecule has 0 aliphatic rings. The van der Waals surface area contributed by atoms with E-state index in [0.29, 0.717) is 6.61 Å². The molecule has 1 rings (SSSR count). The molecule has 1 atom stereocenters. The molecule has 0 bridgehead atoms. The lowest BCUT2D eigenvalue weighted by Gasteiger charge is -2.13. The molecule has 2 N–H and O–H groups in total. The van der Waals surface area contributed by atoms with Crippen molar-refractivity contribution in [3.05, 3.63) is 23.2 Å². The Morgan fingerprint density at radius 1 is 1.42 bits per heavy atom. The lowest BCUT2D eigenvalue weighted by Crippen LogP contribution is -2.40. The lowest BCUT2D eigenvalue weighted by atomic mass is 10.1. The van der Waals surface area contributed by atoms with E-state index < -0.39 is 12.0 Å². The summed E-state index contributed by atoms with van der Waals surface area (Å²) in [4.78, 5) is 22.7. The Morgan fingerprint density at radius 3 is 2.63 bits per heavy atom. The summed E-state index contributed by atoms with van der Waals surface area (Å²) >= 11 is 0. The van der Waals surface area contributed by atoms with Crippen LogP contribution in [0.25, 0.3) is 0 Å². The van der Waals surface area contributed by atoms with Gasteiger partial charge in [0.25, 0.3) is 0 Å². The fraction of sp³-hybridized carbons (Fsp3) is 0.538. The third kappa shape index (κ3) is 4.65. The van der Waals surface area contributed by atoms with E-state index in [1.807, 2.05) is 26.8 Å². The second-order valence-corrected chi connectivity index (χ2v) is 4.22. The second kappa shape index (κ2) is 6.82. The maximum absolute atomic E-state index is 11.6. The van der Waals surface area contributed by atoms with Crippen molar-refractivity contribution in [2.24, 2.45) is 0 Å². The average Bonchev–Trinajstić information content (AvgIpc) is 2.66. The van der Waals surface area contributed by atoms with Gasteiger partial charge in [-0.3, -0.25) is 4.79 Å². The van der Waals surface area contributed by atoms with Crippen LogP contribution in [0.1, 0.15) is 37.0 Å². The van der Waals surface area contributed by atoms with Crippen molar-refractivity contribution in [1.82, 2.24) is 10.6 Å². The molecule has 19 heavy (non-hydrogen) atoms. The minimum absolute atomic E-state index is 0.143. The van der Waals surface area contributed by atoms with Gasteiger partial charge in [-0.05, 0) is 33.8 Å². The highest BCUT2D eigenvalue weighted by Crippen LogP contribution is 2.20. The number of furan rings is 1. The van der Waals surface area contributed by atoms with Gasteiger partial charge in [-0.15, -0.1) is 0 Å². The topological polar surface area (TPSA) is 80.6 Å². The Hall–Kier alpha value is -1.98. The largest absolute Gasteiger partial charge is 0.466 e. The van der Waals surface area contributed by atoms with Crippen molar-refractivity contribution in [2.75, 3.05) is 13.2 Å². The van der Waals surface area contributed by atoms with E-state index in [1.165, 1.54) is 0 Å². The molecule has 1 heterocycles. The molecule has 0 saturated carbocycles. The maximum atomic E-state index is 11.6. The third-order valence-electron chi connectivity index (χ3n) is 2.59. The van der Waals surface area contributed by atoms with Crippen molar-refractivity contribution >= 4 is 12.0 Å². The molecule has 6 heteroatoms. The van der Waals surface area contributed by atoms with Gasteiger partial charge >= 0.3 is 12.0 Å². The van der Waals surface area contributed by atoms with Crippen LogP contribution in [0.5, 0.6) is 0 Å². The van der Waals surface area contributed by atoms with Gasteiger partial charge in [0.15, 0.2) is 0 Å². The van der Waals surface area contributed by atoms with E-state index in [1.54, 1.807) is 6.92 Å². The number of aryl methyl sites for hydroxylation is 2. The van der Waals surface area contributed by atoms with Crippen molar-refractivity contribution < 1.29 is 18.7 Å². The van der Waals surface area contributed by atoms with E-state index in [0.717, 1.165) is 17.1 Å². The Bertz CT molecular complexity index is 453. The number of urea groups is 1. The van der Waals surface area contributed by atoms with Gasteiger partial charge in [0.05, 0.1) is 12.6 Å². The van der Waals surface area contributed by atoms with Gasteiger partial charge < -0.3 is 19.8 Å². The van der Waals surface area contributed by atoms with Gasteiger partial charge in [-0.2, -0.15) is 0 Å². The third-order valence-corrected chi connectivity index (χ3v) is 2.59. The molecule has 0 aromatic carbocycles. The number of hydrogen-bond donors (Lipinski definition) is 2. The van der Waals surface area contributed by atoms with E-state index in [2.05, 4.69) is 10.6 Å².